The Kier molecular flexibility index (Phi) is 6.25. The molecular weight excluding hydrogens is 250 g/mol. The van der Waals surface area contributed by atoms with Crippen LogP contribution in [-0.4, -0.2) is 35.5 Å². The van der Waals surface area contributed by atoms with Crippen molar-refractivity contribution in [1.29, 1.82) is 0 Å². The monoisotopic (exact) mass is 277 g/mol. The van der Waals surface area contributed by atoms with Crippen molar-refractivity contribution < 1.29 is 0 Å². The Bertz CT molecular complexity index is 350. The van der Waals surface area contributed by atoms with Gasteiger partial charge < -0.3 is 4.90 Å². The molecule has 1 aromatic carbocycles. The lowest BCUT2D eigenvalue weighted by Gasteiger charge is -2.35. The number of likely N-dealkylation sites (tertiary alicyclic amines) is 1. The average Bonchev–Trinajstić information content (AvgIpc) is 2.45. The van der Waals surface area contributed by atoms with E-state index in [4.69, 9.17) is 0 Å². The van der Waals surface area contributed by atoms with Crippen LogP contribution in [0.3, 0.4) is 0 Å². The number of piperidine rings is 1. The second kappa shape index (κ2) is 7.96. The Morgan fingerprint density at radius 3 is 2.79 bits per heavy atom. The van der Waals surface area contributed by atoms with Gasteiger partial charge in [-0.05, 0) is 62.6 Å². The molecule has 0 N–H and O–H groups in total. The van der Waals surface area contributed by atoms with Crippen LogP contribution in [0.5, 0.6) is 0 Å². The Labute approximate surface area is 122 Å². The van der Waals surface area contributed by atoms with E-state index in [0.717, 1.165) is 12.0 Å². The number of thioether (sulfide) groups is 1. The number of hydrogen-bond acceptors (Lipinski definition) is 2. The van der Waals surface area contributed by atoms with Crippen molar-refractivity contribution in [3.05, 3.63) is 35.9 Å². The van der Waals surface area contributed by atoms with Gasteiger partial charge in [-0.25, -0.2) is 0 Å². The van der Waals surface area contributed by atoms with Crippen molar-refractivity contribution in [2.75, 3.05) is 24.6 Å². The average molecular weight is 277 g/mol. The van der Waals surface area contributed by atoms with E-state index in [-0.39, 0.29) is 0 Å². The molecule has 0 spiro atoms. The van der Waals surface area contributed by atoms with Crippen molar-refractivity contribution in [3.8, 4) is 0 Å². The molecule has 2 rings (SSSR count). The minimum Gasteiger partial charge on any atom is -0.301 e. The summed E-state index contributed by atoms with van der Waals surface area (Å²) >= 11 is 2.14. The lowest BCUT2D eigenvalue weighted by molar-refractivity contribution is 0.149. The van der Waals surface area contributed by atoms with Gasteiger partial charge in [-0.1, -0.05) is 30.3 Å². The topological polar surface area (TPSA) is 3.24 Å². The van der Waals surface area contributed by atoms with E-state index in [0.29, 0.717) is 0 Å². The number of nitrogens with zero attached hydrogens (tertiary/aromatic N) is 1. The second-order valence-electron chi connectivity index (χ2n) is 5.91. The van der Waals surface area contributed by atoms with Gasteiger partial charge >= 0.3 is 0 Å². The summed E-state index contributed by atoms with van der Waals surface area (Å²) in [5.74, 6) is 3.52. The fraction of sp³-hybridized carbons (Fsp3) is 0.647. The molecule has 0 aliphatic carbocycles. The number of hydrogen-bond donors (Lipinski definition) is 0. The molecule has 106 valence electrons. The lowest BCUT2D eigenvalue weighted by Crippen LogP contribution is -2.40. The molecular formula is C17H27NS. The van der Waals surface area contributed by atoms with E-state index in [1.165, 1.54) is 49.4 Å². The summed E-state index contributed by atoms with van der Waals surface area (Å²) in [6, 6.07) is 11.6. The van der Waals surface area contributed by atoms with Crippen LogP contribution >= 0.6 is 11.8 Å². The number of benzene rings is 1. The molecule has 1 unspecified atom stereocenters. The van der Waals surface area contributed by atoms with Gasteiger partial charge in [0.2, 0.25) is 0 Å². The lowest BCUT2D eigenvalue weighted by atomic mass is 9.99. The Balaban J connectivity index is 1.63. The summed E-state index contributed by atoms with van der Waals surface area (Å²) < 4.78 is 0. The van der Waals surface area contributed by atoms with E-state index in [2.05, 4.69) is 60.8 Å². The predicted molar refractivity (Wildman–Crippen MR) is 86.9 cm³/mol. The molecule has 1 aliphatic rings. The van der Waals surface area contributed by atoms with E-state index >= 15 is 0 Å². The Hall–Kier alpha value is -0.470. The van der Waals surface area contributed by atoms with E-state index in [1.807, 2.05) is 0 Å². The molecule has 0 amide bonds. The molecule has 0 radical (unpaired) electrons. The molecule has 1 aromatic rings. The van der Waals surface area contributed by atoms with Crippen LogP contribution in [0.25, 0.3) is 0 Å². The normalized spacial score (nSPS) is 20.9. The molecule has 1 aliphatic heterocycles. The Morgan fingerprint density at radius 1 is 1.26 bits per heavy atom. The maximum atomic E-state index is 2.64. The third kappa shape index (κ3) is 5.19. The van der Waals surface area contributed by atoms with Gasteiger partial charge in [-0.3, -0.25) is 0 Å². The highest BCUT2D eigenvalue weighted by molar-refractivity contribution is 7.99. The Morgan fingerprint density at radius 2 is 2.05 bits per heavy atom. The number of rotatable bonds is 6. The zero-order valence-corrected chi connectivity index (χ0v) is 13.2. The summed E-state index contributed by atoms with van der Waals surface area (Å²) in [5, 5.41) is 0. The maximum absolute atomic E-state index is 2.64. The molecule has 1 saturated heterocycles. The van der Waals surface area contributed by atoms with Crippen molar-refractivity contribution in [2.24, 2.45) is 5.92 Å². The predicted octanol–water partition coefficient (Wildman–Crippen LogP) is 4.08. The first kappa shape index (κ1) is 14.9. The zero-order chi connectivity index (χ0) is 13.5. The van der Waals surface area contributed by atoms with Crippen molar-refractivity contribution in [2.45, 2.75) is 39.2 Å². The molecule has 0 saturated carbocycles. The van der Waals surface area contributed by atoms with Gasteiger partial charge in [0.25, 0.3) is 0 Å². The van der Waals surface area contributed by atoms with Crippen molar-refractivity contribution in [1.82, 2.24) is 4.90 Å². The van der Waals surface area contributed by atoms with Crippen LogP contribution in [0.2, 0.25) is 0 Å². The van der Waals surface area contributed by atoms with Gasteiger partial charge in [0.05, 0.1) is 0 Å². The first-order valence-electron chi connectivity index (χ1n) is 7.61. The van der Waals surface area contributed by atoms with Gasteiger partial charge in [0.1, 0.15) is 0 Å². The van der Waals surface area contributed by atoms with Crippen LogP contribution in [0.4, 0.5) is 0 Å². The quantitative estimate of drug-likeness (QED) is 0.721. The fourth-order valence-electron chi connectivity index (χ4n) is 2.79. The minimum absolute atomic E-state index is 0.720. The molecule has 19 heavy (non-hydrogen) atoms. The van der Waals surface area contributed by atoms with Crippen LogP contribution in [0.15, 0.2) is 30.3 Å². The van der Waals surface area contributed by atoms with Crippen molar-refractivity contribution in [3.63, 3.8) is 0 Å². The maximum Gasteiger partial charge on any atom is 0.00387 e. The van der Waals surface area contributed by atoms with Crippen LogP contribution in [0, 0.1) is 5.92 Å². The van der Waals surface area contributed by atoms with Crippen LogP contribution in [0.1, 0.15) is 32.3 Å². The molecule has 0 aromatic heterocycles. The summed E-state index contributed by atoms with van der Waals surface area (Å²) in [6.07, 6.45) is 4.04. The highest BCUT2D eigenvalue weighted by Gasteiger charge is 2.21. The number of aryl methyl sites for hydroxylation is 1. The third-order valence-electron chi connectivity index (χ3n) is 4.01. The van der Waals surface area contributed by atoms with Crippen LogP contribution < -0.4 is 0 Å². The SMILES string of the molecule is CC(C)N1CCCC(CSCCc2ccccc2)C1. The first-order chi connectivity index (χ1) is 9.25. The summed E-state index contributed by atoms with van der Waals surface area (Å²) in [4.78, 5) is 2.64. The van der Waals surface area contributed by atoms with Crippen molar-refractivity contribution >= 4 is 11.8 Å². The molecule has 1 atom stereocenters. The van der Waals surface area contributed by atoms with E-state index in [1.54, 1.807) is 0 Å². The first-order valence-corrected chi connectivity index (χ1v) is 8.77. The highest BCUT2D eigenvalue weighted by atomic mass is 32.2. The van der Waals surface area contributed by atoms with Gasteiger partial charge in [-0.2, -0.15) is 11.8 Å². The zero-order valence-electron chi connectivity index (χ0n) is 12.3. The molecule has 0 bridgehead atoms. The van der Waals surface area contributed by atoms with Gasteiger partial charge in [0.15, 0.2) is 0 Å². The standard InChI is InChI=1S/C17H27NS/c1-15(2)18-11-6-9-17(13-18)14-19-12-10-16-7-4-3-5-8-16/h3-5,7-8,15,17H,6,9-14H2,1-2H3. The largest absolute Gasteiger partial charge is 0.301 e. The molecule has 1 fully saturated rings. The third-order valence-corrected chi connectivity index (χ3v) is 5.21. The molecule has 2 heteroatoms. The molecule has 1 nitrogen and oxygen atoms in total. The highest BCUT2D eigenvalue weighted by Crippen LogP contribution is 2.22. The summed E-state index contributed by atoms with van der Waals surface area (Å²) in [6.45, 7) is 7.27. The second-order valence-corrected chi connectivity index (χ2v) is 7.06. The van der Waals surface area contributed by atoms with E-state index in [9.17, 15) is 0 Å². The molecule has 1 heterocycles. The summed E-state index contributed by atoms with van der Waals surface area (Å²) in [5.41, 5.74) is 1.47. The smallest absolute Gasteiger partial charge is 0.00387 e. The van der Waals surface area contributed by atoms with Gasteiger partial charge in [-0.15, -0.1) is 0 Å². The fourth-order valence-corrected chi connectivity index (χ4v) is 3.94. The van der Waals surface area contributed by atoms with Gasteiger partial charge in [0, 0.05) is 12.6 Å². The summed E-state index contributed by atoms with van der Waals surface area (Å²) in [7, 11) is 0. The minimum atomic E-state index is 0.720. The van der Waals surface area contributed by atoms with E-state index < -0.39 is 0 Å². The van der Waals surface area contributed by atoms with Crippen LogP contribution in [-0.2, 0) is 6.42 Å².